The Morgan fingerprint density at radius 1 is 1.26 bits per heavy atom. The molecule has 0 radical (unpaired) electrons. The molecule has 1 N–H and O–H groups in total. The van der Waals surface area contributed by atoms with E-state index >= 15 is 0 Å². The predicted molar refractivity (Wildman–Crippen MR) is 74.9 cm³/mol. The number of nitrogens with zero attached hydrogens (tertiary/aromatic N) is 2. The minimum atomic E-state index is -0.386. The smallest absolute Gasteiger partial charge is 0.0793 e. The molecule has 1 aromatic carbocycles. The minimum Gasteiger partial charge on any atom is -0.388 e. The highest BCUT2D eigenvalue weighted by molar-refractivity contribution is 5.29. The first-order valence-corrected chi connectivity index (χ1v) is 6.99. The van der Waals surface area contributed by atoms with Crippen molar-refractivity contribution in [2.75, 3.05) is 0 Å². The maximum absolute atomic E-state index is 10.2. The zero-order valence-corrected chi connectivity index (χ0v) is 11.3. The summed E-state index contributed by atoms with van der Waals surface area (Å²) in [6.45, 7) is 0. The number of benzene rings is 1. The van der Waals surface area contributed by atoms with Gasteiger partial charge in [0.05, 0.1) is 6.10 Å². The van der Waals surface area contributed by atoms with Gasteiger partial charge >= 0.3 is 0 Å². The molecule has 0 bridgehead atoms. The van der Waals surface area contributed by atoms with E-state index in [1.165, 1.54) is 18.4 Å². The summed E-state index contributed by atoms with van der Waals surface area (Å²) in [6.07, 6.45) is 5.64. The number of aromatic nitrogens is 2. The Morgan fingerprint density at radius 2 is 2.00 bits per heavy atom. The highest BCUT2D eigenvalue weighted by Gasteiger charge is 2.23. The predicted octanol–water partition coefficient (Wildman–Crippen LogP) is 2.96. The zero-order chi connectivity index (χ0) is 13.2. The fraction of sp³-hybridized carbons (Fsp3) is 0.438. The lowest BCUT2D eigenvalue weighted by Gasteiger charge is -2.11. The van der Waals surface area contributed by atoms with Crippen molar-refractivity contribution < 1.29 is 5.11 Å². The molecular weight excluding hydrogens is 236 g/mol. The second kappa shape index (κ2) is 5.17. The Morgan fingerprint density at radius 3 is 2.58 bits per heavy atom. The third kappa shape index (κ3) is 2.87. The second-order valence-electron chi connectivity index (χ2n) is 5.44. The Kier molecular flexibility index (Phi) is 3.38. The van der Waals surface area contributed by atoms with Gasteiger partial charge in [-0.05, 0) is 48.8 Å². The average Bonchev–Trinajstić information content (AvgIpc) is 3.20. The van der Waals surface area contributed by atoms with E-state index in [0.29, 0.717) is 0 Å². The van der Waals surface area contributed by atoms with Crippen LogP contribution in [0.2, 0.25) is 0 Å². The third-order valence-corrected chi connectivity index (χ3v) is 3.97. The summed E-state index contributed by atoms with van der Waals surface area (Å²) < 4.78 is 1.86. The van der Waals surface area contributed by atoms with Gasteiger partial charge in [-0.2, -0.15) is 5.10 Å². The molecule has 1 aliphatic rings. The molecule has 1 heterocycles. The number of rotatable bonds is 5. The Labute approximate surface area is 113 Å². The van der Waals surface area contributed by atoms with Crippen LogP contribution >= 0.6 is 0 Å². The fourth-order valence-corrected chi connectivity index (χ4v) is 2.50. The van der Waals surface area contributed by atoms with Crippen LogP contribution in [0, 0.1) is 0 Å². The molecule has 0 saturated heterocycles. The fourth-order valence-electron chi connectivity index (χ4n) is 2.50. The third-order valence-electron chi connectivity index (χ3n) is 3.97. The Bertz CT molecular complexity index is 540. The van der Waals surface area contributed by atoms with Crippen LogP contribution in [0.1, 0.15) is 48.1 Å². The largest absolute Gasteiger partial charge is 0.388 e. The van der Waals surface area contributed by atoms with Crippen molar-refractivity contribution in [1.82, 2.24) is 9.78 Å². The van der Waals surface area contributed by atoms with E-state index in [1.807, 2.05) is 17.8 Å². The number of aryl methyl sites for hydroxylation is 2. The number of aliphatic hydroxyl groups excluding tert-OH is 1. The van der Waals surface area contributed by atoms with Gasteiger partial charge < -0.3 is 5.11 Å². The topological polar surface area (TPSA) is 38.0 Å². The quantitative estimate of drug-likeness (QED) is 0.893. The number of aliphatic hydroxyl groups is 1. The zero-order valence-electron chi connectivity index (χ0n) is 11.3. The summed E-state index contributed by atoms with van der Waals surface area (Å²) in [5.74, 6) is 0.778. The van der Waals surface area contributed by atoms with Crippen molar-refractivity contribution in [1.29, 1.82) is 0 Å². The van der Waals surface area contributed by atoms with Crippen LogP contribution in [-0.4, -0.2) is 14.9 Å². The number of hydrogen-bond acceptors (Lipinski definition) is 2. The minimum absolute atomic E-state index is 0.386. The van der Waals surface area contributed by atoms with E-state index in [-0.39, 0.29) is 6.10 Å². The van der Waals surface area contributed by atoms with Gasteiger partial charge in [0.2, 0.25) is 0 Å². The van der Waals surface area contributed by atoms with Gasteiger partial charge in [-0.15, -0.1) is 0 Å². The first-order chi connectivity index (χ1) is 9.24. The van der Waals surface area contributed by atoms with Crippen molar-refractivity contribution in [3.63, 3.8) is 0 Å². The monoisotopic (exact) mass is 256 g/mol. The standard InChI is InChI=1S/C16H20N2O/c1-18-15(10-11-17-18)8-9-16(19)14-6-4-13(5-7-14)12-2-3-12/h4-7,10-12,16,19H,2-3,8-9H2,1H3. The summed E-state index contributed by atoms with van der Waals surface area (Å²) in [4.78, 5) is 0. The molecule has 1 saturated carbocycles. The van der Waals surface area contributed by atoms with E-state index in [2.05, 4.69) is 29.4 Å². The maximum atomic E-state index is 10.2. The van der Waals surface area contributed by atoms with Crippen LogP contribution in [0.5, 0.6) is 0 Å². The molecule has 1 atom stereocenters. The molecule has 3 nitrogen and oxygen atoms in total. The Hall–Kier alpha value is -1.61. The normalized spacial score (nSPS) is 16.5. The van der Waals surface area contributed by atoms with Crippen LogP contribution in [-0.2, 0) is 13.5 Å². The molecule has 1 aromatic heterocycles. The van der Waals surface area contributed by atoms with Crippen molar-refractivity contribution in [2.24, 2.45) is 7.05 Å². The van der Waals surface area contributed by atoms with Gasteiger partial charge in [0, 0.05) is 18.9 Å². The van der Waals surface area contributed by atoms with Crippen LogP contribution in [0.3, 0.4) is 0 Å². The maximum Gasteiger partial charge on any atom is 0.0793 e. The van der Waals surface area contributed by atoms with E-state index < -0.39 is 0 Å². The molecule has 0 amide bonds. The number of hydrogen-bond donors (Lipinski definition) is 1. The lowest BCUT2D eigenvalue weighted by atomic mass is 10.0. The first-order valence-electron chi connectivity index (χ1n) is 6.99. The molecule has 100 valence electrons. The average molecular weight is 256 g/mol. The molecule has 3 rings (SSSR count). The van der Waals surface area contributed by atoms with Crippen LogP contribution in [0.25, 0.3) is 0 Å². The summed E-state index contributed by atoms with van der Waals surface area (Å²) in [6, 6.07) is 10.5. The lowest BCUT2D eigenvalue weighted by Crippen LogP contribution is -2.03. The first kappa shape index (κ1) is 12.4. The van der Waals surface area contributed by atoms with Gasteiger partial charge in [0.25, 0.3) is 0 Å². The molecule has 3 heteroatoms. The van der Waals surface area contributed by atoms with E-state index in [1.54, 1.807) is 6.20 Å². The second-order valence-corrected chi connectivity index (χ2v) is 5.44. The summed E-state index contributed by atoms with van der Waals surface area (Å²) in [5, 5.41) is 14.4. The highest BCUT2D eigenvalue weighted by atomic mass is 16.3. The van der Waals surface area contributed by atoms with Gasteiger partial charge in [-0.1, -0.05) is 24.3 Å². The van der Waals surface area contributed by atoms with Crippen LogP contribution < -0.4 is 0 Å². The van der Waals surface area contributed by atoms with Gasteiger partial charge in [0.15, 0.2) is 0 Å². The van der Waals surface area contributed by atoms with E-state index in [0.717, 1.165) is 30.0 Å². The molecule has 2 aromatic rings. The summed E-state index contributed by atoms with van der Waals surface area (Å²) >= 11 is 0. The molecule has 19 heavy (non-hydrogen) atoms. The highest BCUT2D eigenvalue weighted by Crippen LogP contribution is 2.40. The van der Waals surface area contributed by atoms with Gasteiger partial charge in [0.1, 0.15) is 0 Å². The summed E-state index contributed by atoms with van der Waals surface area (Å²) in [7, 11) is 1.94. The summed E-state index contributed by atoms with van der Waals surface area (Å²) in [5.41, 5.74) is 3.60. The van der Waals surface area contributed by atoms with Crippen molar-refractivity contribution >= 4 is 0 Å². The van der Waals surface area contributed by atoms with Crippen molar-refractivity contribution in [3.05, 3.63) is 53.3 Å². The molecule has 0 spiro atoms. The van der Waals surface area contributed by atoms with Crippen LogP contribution in [0.4, 0.5) is 0 Å². The van der Waals surface area contributed by atoms with E-state index in [4.69, 9.17) is 0 Å². The van der Waals surface area contributed by atoms with Crippen LogP contribution in [0.15, 0.2) is 36.5 Å². The SMILES string of the molecule is Cn1nccc1CCC(O)c1ccc(C2CC2)cc1. The van der Waals surface area contributed by atoms with Gasteiger partial charge in [-0.25, -0.2) is 0 Å². The molecule has 1 unspecified atom stereocenters. The van der Waals surface area contributed by atoms with E-state index in [9.17, 15) is 5.11 Å². The van der Waals surface area contributed by atoms with Crippen molar-refractivity contribution in [2.45, 2.75) is 37.7 Å². The Balaban J connectivity index is 1.60. The molecule has 0 aliphatic heterocycles. The van der Waals surface area contributed by atoms with Gasteiger partial charge in [-0.3, -0.25) is 4.68 Å². The molecular formula is C16H20N2O. The van der Waals surface area contributed by atoms with Crippen molar-refractivity contribution in [3.8, 4) is 0 Å². The lowest BCUT2D eigenvalue weighted by molar-refractivity contribution is 0.167. The molecule has 1 aliphatic carbocycles. The molecule has 1 fully saturated rings.